The van der Waals surface area contributed by atoms with Gasteiger partial charge in [-0.15, -0.1) is 0 Å². The summed E-state index contributed by atoms with van der Waals surface area (Å²) < 4.78 is 12.3. The van der Waals surface area contributed by atoms with Crippen molar-refractivity contribution >= 4 is 11.8 Å². The zero-order chi connectivity index (χ0) is 19.9. The first-order valence-electron chi connectivity index (χ1n) is 9.36. The number of aromatic nitrogens is 2. The van der Waals surface area contributed by atoms with Crippen LogP contribution >= 0.6 is 0 Å². The van der Waals surface area contributed by atoms with Gasteiger partial charge in [0.1, 0.15) is 11.5 Å². The molecule has 2 aromatic rings. The number of ether oxygens (including phenoxy) is 2. The second kappa shape index (κ2) is 9.25. The summed E-state index contributed by atoms with van der Waals surface area (Å²) in [6, 6.07) is 7.16. The second-order valence-electron chi connectivity index (χ2n) is 6.90. The zero-order valence-corrected chi connectivity index (χ0v) is 16.3. The third kappa shape index (κ3) is 5.25. The maximum absolute atomic E-state index is 12.4. The quantitative estimate of drug-likeness (QED) is 0.779. The predicted molar refractivity (Wildman–Crippen MR) is 103 cm³/mol. The van der Waals surface area contributed by atoms with Gasteiger partial charge in [0.05, 0.1) is 18.9 Å². The van der Waals surface area contributed by atoms with Crippen molar-refractivity contribution in [2.24, 2.45) is 13.0 Å². The van der Waals surface area contributed by atoms with E-state index in [1.165, 1.54) is 0 Å². The molecular weight excluding hydrogens is 360 g/mol. The van der Waals surface area contributed by atoms with E-state index >= 15 is 0 Å². The van der Waals surface area contributed by atoms with Gasteiger partial charge in [0.25, 0.3) is 11.8 Å². The van der Waals surface area contributed by atoms with Crippen molar-refractivity contribution in [2.45, 2.75) is 12.8 Å². The molecule has 1 aliphatic heterocycles. The molecule has 150 valence electrons. The van der Waals surface area contributed by atoms with Gasteiger partial charge in [-0.3, -0.25) is 14.3 Å². The Morgan fingerprint density at radius 2 is 1.86 bits per heavy atom. The average Bonchev–Trinajstić information content (AvgIpc) is 3.17. The Morgan fingerprint density at radius 1 is 1.18 bits per heavy atom. The predicted octanol–water partition coefficient (Wildman–Crippen LogP) is 1.48. The van der Waals surface area contributed by atoms with Crippen LogP contribution in [0, 0.1) is 5.92 Å². The molecule has 8 nitrogen and oxygen atoms in total. The monoisotopic (exact) mass is 386 g/mol. The molecule has 1 aliphatic rings. The number of hydrogen-bond acceptors (Lipinski definition) is 5. The van der Waals surface area contributed by atoms with Crippen LogP contribution in [0.5, 0.6) is 11.5 Å². The normalized spacial score (nSPS) is 14.6. The summed E-state index contributed by atoms with van der Waals surface area (Å²) >= 11 is 0. The number of amides is 2. The third-order valence-corrected chi connectivity index (χ3v) is 4.91. The molecule has 1 aromatic carbocycles. The van der Waals surface area contributed by atoms with E-state index in [1.54, 1.807) is 55.5 Å². The summed E-state index contributed by atoms with van der Waals surface area (Å²) in [5.74, 6) is 1.62. The van der Waals surface area contributed by atoms with Crippen LogP contribution in [0.4, 0.5) is 0 Å². The Hall–Kier alpha value is -3.03. The molecule has 1 aromatic heterocycles. The van der Waals surface area contributed by atoms with E-state index in [4.69, 9.17) is 9.47 Å². The molecule has 2 amide bonds. The molecule has 8 heteroatoms. The number of piperidine rings is 1. The molecule has 0 aliphatic carbocycles. The van der Waals surface area contributed by atoms with Crippen LogP contribution in [0.2, 0.25) is 0 Å². The van der Waals surface area contributed by atoms with Crippen LogP contribution in [-0.4, -0.2) is 59.8 Å². The van der Waals surface area contributed by atoms with Crippen LogP contribution < -0.4 is 14.8 Å². The largest absolute Gasteiger partial charge is 0.497 e. The van der Waals surface area contributed by atoms with Crippen LogP contribution in [0.25, 0.3) is 0 Å². The SMILES string of the molecule is COc1ccc(OCC(=O)N2CCC(CNC(=O)c3cnn(C)c3)CC2)cc1. The molecule has 0 unspecified atom stereocenters. The number of nitrogens with one attached hydrogen (secondary N) is 1. The van der Waals surface area contributed by atoms with Gasteiger partial charge in [0, 0.05) is 32.9 Å². The average molecular weight is 386 g/mol. The molecule has 2 heterocycles. The van der Waals surface area contributed by atoms with Crippen LogP contribution in [0.1, 0.15) is 23.2 Å². The number of aryl methyl sites for hydroxylation is 1. The molecule has 1 fully saturated rings. The van der Waals surface area contributed by atoms with Gasteiger partial charge in [-0.25, -0.2) is 0 Å². The van der Waals surface area contributed by atoms with Crippen molar-refractivity contribution in [3.05, 3.63) is 42.2 Å². The number of nitrogens with zero attached hydrogens (tertiary/aromatic N) is 3. The summed E-state index contributed by atoms with van der Waals surface area (Å²) in [6.45, 7) is 1.99. The van der Waals surface area contributed by atoms with Crippen molar-refractivity contribution in [3.63, 3.8) is 0 Å². The lowest BCUT2D eigenvalue weighted by atomic mass is 9.96. The molecule has 1 saturated heterocycles. The zero-order valence-electron chi connectivity index (χ0n) is 16.3. The molecule has 3 rings (SSSR count). The number of likely N-dealkylation sites (tertiary alicyclic amines) is 1. The number of benzene rings is 1. The summed E-state index contributed by atoms with van der Waals surface area (Å²) in [4.78, 5) is 26.3. The van der Waals surface area contributed by atoms with Gasteiger partial charge < -0.3 is 19.7 Å². The minimum Gasteiger partial charge on any atom is -0.497 e. The summed E-state index contributed by atoms with van der Waals surface area (Å²) in [7, 11) is 3.38. The number of hydrogen-bond donors (Lipinski definition) is 1. The molecule has 0 saturated carbocycles. The van der Waals surface area contributed by atoms with Gasteiger partial charge in [0.2, 0.25) is 0 Å². The minimum absolute atomic E-state index is 0.0198. The van der Waals surface area contributed by atoms with Crippen molar-refractivity contribution in [1.82, 2.24) is 20.0 Å². The van der Waals surface area contributed by atoms with Crippen LogP contribution in [-0.2, 0) is 11.8 Å². The van der Waals surface area contributed by atoms with E-state index in [2.05, 4.69) is 10.4 Å². The standard InChI is InChI=1S/C20H26N4O4/c1-23-13-16(12-22-23)20(26)21-11-15-7-9-24(10-8-15)19(25)14-28-18-5-3-17(27-2)4-6-18/h3-6,12-13,15H,7-11,14H2,1-2H3,(H,21,26). The van der Waals surface area contributed by atoms with Crippen LogP contribution in [0.3, 0.4) is 0 Å². The van der Waals surface area contributed by atoms with Crippen molar-refractivity contribution in [2.75, 3.05) is 33.4 Å². The number of methoxy groups -OCH3 is 1. The summed E-state index contributed by atoms with van der Waals surface area (Å²) in [5.41, 5.74) is 0.561. The highest BCUT2D eigenvalue weighted by Gasteiger charge is 2.23. The lowest BCUT2D eigenvalue weighted by Crippen LogP contribution is -2.43. The second-order valence-corrected chi connectivity index (χ2v) is 6.90. The first-order valence-corrected chi connectivity index (χ1v) is 9.36. The van der Waals surface area contributed by atoms with Gasteiger partial charge in [-0.1, -0.05) is 0 Å². The van der Waals surface area contributed by atoms with Crippen molar-refractivity contribution in [1.29, 1.82) is 0 Å². The van der Waals surface area contributed by atoms with E-state index in [9.17, 15) is 9.59 Å². The summed E-state index contributed by atoms with van der Waals surface area (Å²) in [6.07, 6.45) is 4.97. The molecule has 0 radical (unpaired) electrons. The van der Waals surface area contributed by atoms with E-state index in [-0.39, 0.29) is 18.4 Å². The highest BCUT2D eigenvalue weighted by molar-refractivity contribution is 5.93. The summed E-state index contributed by atoms with van der Waals surface area (Å²) in [5, 5.41) is 6.95. The molecule has 1 N–H and O–H groups in total. The topological polar surface area (TPSA) is 85.7 Å². The van der Waals surface area contributed by atoms with E-state index in [0.717, 1.165) is 18.6 Å². The molecule has 28 heavy (non-hydrogen) atoms. The fourth-order valence-electron chi connectivity index (χ4n) is 3.17. The Morgan fingerprint density at radius 3 is 2.46 bits per heavy atom. The first-order chi connectivity index (χ1) is 13.5. The van der Waals surface area contributed by atoms with Crippen molar-refractivity contribution < 1.29 is 19.1 Å². The Bertz CT molecular complexity index is 795. The first kappa shape index (κ1) is 19.7. The molecule has 0 spiro atoms. The van der Waals surface area contributed by atoms with Crippen molar-refractivity contribution in [3.8, 4) is 11.5 Å². The highest BCUT2D eigenvalue weighted by atomic mass is 16.5. The Labute approximate surface area is 164 Å². The van der Waals surface area contributed by atoms with Gasteiger partial charge in [-0.2, -0.15) is 5.10 Å². The third-order valence-electron chi connectivity index (χ3n) is 4.91. The molecule has 0 atom stereocenters. The number of carbonyl (C=O) groups is 2. The van der Waals surface area contributed by atoms with E-state index in [1.807, 2.05) is 4.90 Å². The van der Waals surface area contributed by atoms with E-state index in [0.29, 0.717) is 36.9 Å². The smallest absolute Gasteiger partial charge is 0.260 e. The Kier molecular flexibility index (Phi) is 6.52. The fourth-order valence-corrected chi connectivity index (χ4v) is 3.17. The number of carbonyl (C=O) groups excluding carboxylic acids is 2. The minimum atomic E-state index is -0.112. The molecule has 0 bridgehead atoms. The maximum Gasteiger partial charge on any atom is 0.260 e. The number of rotatable bonds is 7. The van der Waals surface area contributed by atoms with Gasteiger partial charge >= 0.3 is 0 Å². The maximum atomic E-state index is 12.4. The highest BCUT2D eigenvalue weighted by Crippen LogP contribution is 2.19. The van der Waals surface area contributed by atoms with Gasteiger partial charge in [-0.05, 0) is 43.0 Å². The lowest BCUT2D eigenvalue weighted by Gasteiger charge is -2.32. The fraction of sp³-hybridized carbons (Fsp3) is 0.450. The lowest BCUT2D eigenvalue weighted by molar-refractivity contribution is -0.134. The van der Waals surface area contributed by atoms with Gasteiger partial charge in [0.15, 0.2) is 6.61 Å². The van der Waals surface area contributed by atoms with E-state index < -0.39 is 0 Å². The van der Waals surface area contributed by atoms with Crippen LogP contribution in [0.15, 0.2) is 36.7 Å². The molecular formula is C20H26N4O4. The Balaban J connectivity index is 1.37.